The molecule has 1 spiro atoms. The molecule has 2 saturated heterocycles. The molecule has 0 radical (unpaired) electrons. The van der Waals surface area contributed by atoms with Gasteiger partial charge in [0.2, 0.25) is 5.43 Å². The maximum absolute atomic E-state index is 15.2. The summed E-state index contributed by atoms with van der Waals surface area (Å²) in [6.07, 6.45) is 2.18. The first kappa shape index (κ1) is 19.9. The standard InChI is InChI=1S/C22H26FN3O3S/c1-3-24-6-4-22(11-24)5-7-25(12-22)17-9-16-14(8-15(17)23)19(27)18(21(28)29)20-26(16)13(2)10-30-20/h8-9,13H,3-7,10-12H2,1-2H3,(H,28,29). The number of thioether (sulfide) groups is 1. The second-order valence-corrected chi connectivity index (χ2v) is 9.96. The number of hydrogen-bond donors (Lipinski definition) is 1. The van der Waals surface area contributed by atoms with Crippen LogP contribution in [-0.2, 0) is 0 Å². The zero-order valence-corrected chi connectivity index (χ0v) is 18.1. The van der Waals surface area contributed by atoms with Crippen LogP contribution in [0.5, 0.6) is 0 Å². The second kappa shape index (κ2) is 6.99. The average molecular weight is 432 g/mol. The normalized spacial score (nSPS) is 26.2. The first-order valence-electron chi connectivity index (χ1n) is 10.6. The van der Waals surface area contributed by atoms with Gasteiger partial charge >= 0.3 is 5.97 Å². The van der Waals surface area contributed by atoms with Crippen LogP contribution in [0.4, 0.5) is 10.1 Å². The summed E-state index contributed by atoms with van der Waals surface area (Å²) in [6, 6.07) is 3.07. The molecule has 0 amide bonds. The molecular formula is C22H26FN3O3S. The van der Waals surface area contributed by atoms with Crippen molar-refractivity contribution >= 4 is 34.3 Å². The fraction of sp³-hybridized carbons (Fsp3) is 0.545. The van der Waals surface area contributed by atoms with Crippen LogP contribution in [0.3, 0.4) is 0 Å². The molecule has 2 atom stereocenters. The van der Waals surface area contributed by atoms with Crippen molar-refractivity contribution in [3.8, 4) is 0 Å². The molecule has 2 aromatic rings. The topological polar surface area (TPSA) is 65.8 Å². The second-order valence-electron chi connectivity index (χ2n) is 8.96. The minimum Gasteiger partial charge on any atom is -0.477 e. The van der Waals surface area contributed by atoms with Crippen LogP contribution in [0.2, 0.25) is 0 Å². The third-order valence-electron chi connectivity index (χ3n) is 7.09. The number of anilines is 1. The number of benzene rings is 1. The molecule has 8 heteroatoms. The van der Waals surface area contributed by atoms with E-state index >= 15 is 4.39 Å². The molecule has 3 aliphatic rings. The van der Waals surface area contributed by atoms with Crippen molar-refractivity contribution in [2.24, 2.45) is 5.41 Å². The zero-order valence-electron chi connectivity index (χ0n) is 17.3. The minimum absolute atomic E-state index is 0.0439. The van der Waals surface area contributed by atoms with Gasteiger partial charge in [-0.25, -0.2) is 9.18 Å². The Morgan fingerprint density at radius 2 is 2.07 bits per heavy atom. The lowest BCUT2D eigenvalue weighted by Gasteiger charge is -2.26. The number of pyridine rings is 1. The number of aromatic carboxylic acids is 1. The van der Waals surface area contributed by atoms with Gasteiger partial charge in [-0.15, -0.1) is 11.8 Å². The Morgan fingerprint density at radius 3 is 2.77 bits per heavy atom. The van der Waals surface area contributed by atoms with Crippen molar-refractivity contribution in [3.05, 3.63) is 33.7 Å². The molecular weight excluding hydrogens is 405 g/mol. The third-order valence-corrected chi connectivity index (χ3v) is 8.41. The molecule has 1 N–H and O–H groups in total. The number of halogens is 1. The summed E-state index contributed by atoms with van der Waals surface area (Å²) in [7, 11) is 0. The van der Waals surface area contributed by atoms with E-state index in [0.29, 0.717) is 22.0 Å². The fourth-order valence-corrected chi connectivity index (χ4v) is 6.74. The Morgan fingerprint density at radius 1 is 1.30 bits per heavy atom. The maximum Gasteiger partial charge on any atom is 0.342 e. The van der Waals surface area contributed by atoms with Crippen LogP contribution >= 0.6 is 11.8 Å². The number of likely N-dealkylation sites (tertiary alicyclic amines) is 1. The Labute approximate surface area is 178 Å². The van der Waals surface area contributed by atoms with Gasteiger partial charge in [0, 0.05) is 42.2 Å². The van der Waals surface area contributed by atoms with Gasteiger partial charge in [0.15, 0.2) is 0 Å². The molecule has 0 saturated carbocycles. The van der Waals surface area contributed by atoms with Gasteiger partial charge in [0.1, 0.15) is 11.4 Å². The molecule has 1 aromatic heterocycles. The summed E-state index contributed by atoms with van der Waals surface area (Å²) >= 11 is 1.39. The SMILES string of the molecule is CCN1CCC2(CCN(c3cc4c(cc3F)c(=O)c(C(=O)O)c3n4C(C)CS3)C2)C1. The number of fused-ring (bicyclic) bond motifs is 3. The first-order chi connectivity index (χ1) is 14.3. The van der Waals surface area contributed by atoms with E-state index in [4.69, 9.17) is 0 Å². The summed E-state index contributed by atoms with van der Waals surface area (Å²) < 4.78 is 17.1. The van der Waals surface area contributed by atoms with E-state index in [0.717, 1.165) is 45.6 Å². The molecule has 5 rings (SSSR count). The van der Waals surface area contributed by atoms with Crippen LogP contribution in [0.1, 0.15) is 43.1 Å². The number of carboxylic acid groups (broad SMARTS) is 1. The molecule has 30 heavy (non-hydrogen) atoms. The highest BCUT2D eigenvalue weighted by atomic mass is 32.2. The van der Waals surface area contributed by atoms with E-state index in [-0.39, 0.29) is 22.4 Å². The van der Waals surface area contributed by atoms with Gasteiger partial charge in [0.05, 0.1) is 16.2 Å². The quantitative estimate of drug-likeness (QED) is 0.803. The van der Waals surface area contributed by atoms with E-state index in [1.165, 1.54) is 17.8 Å². The predicted octanol–water partition coefficient (Wildman–Crippen LogP) is 3.43. The van der Waals surface area contributed by atoms with Crippen LogP contribution in [0.25, 0.3) is 10.9 Å². The van der Waals surface area contributed by atoms with Gasteiger partial charge in [-0.05, 0) is 45.0 Å². The molecule has 3 aliphatic heterocycles. The number of aromatic nitrogens is 1. The summed E-state index contributed by atoms with van der Waals surface area (Å²) in [5.41, 5.74) is 0.539. The lowest BCUT2D eigenvalue weighted by molar-refractivity contribution is 0.0690. The molecule has 2 fully saturated rings. The van der Waals surface area contributed by atoms with Crippen LogP contribution in [0, 0.1) is 11.2 Å². The highest BCUT2D eigenvalue weighted by Crippen LogP contribution is 2.43. The highest BCUT2D eigenvalue weighted by Gasteiger charge is 2.43. The van der Waals surface area contributed by atoms with E-state index in [1.807, 2.05) is 11.5 Å². The number of carbonyl (C=O) groups is 1. The number of carboxylic acids is 1. The Kier molecular flexibility index (Phi) is 4.63. The fourth-order valence-electron chi connectivity index (χ4n) is 5.45. The van der Waals surface area contributed by atoms with Gasteiger partial charge in [0.25, 0.3) is 0 Å². The van der Waals surface area contributed by atoms with Crippen LogP contribution in [0.15, 0.2) is 22.0 Å². The molecule has 160 valence electrons. The Hall–Kier alpha value is -2.06. The van der Waals surface area contributed by atoms with Crippen molar-refractivity contribution in [1.29, 1.82) is 0 Å². The molecule has 4 heterocycles. The molecule has 0 bridgehead atoms. The summed E-state index contributed by atoms with van der Waals surface area (Å²) in [4.78, 5) is 29.2. The Bertz CT molecular complexity index is 1120. The van der Waals surface area contributed by atoms with Crippen LogP contribution < -0.4 is 10.3 Å². The van der Waals surface area contributed by atoms with Crippen molar-refractivity contribution in [2.45, 2.75) is 37.8 Å². The first-order valence-corrected chi connectivity index (χ1v) is 11.6. The van der Waals surface area contributed by atoms with Crippen molar-refractivity contribution < 1.29 is 14.3 Å². The summed E-state index contributed by atoms with van der Waals surface area (Å²) in [6.45, 7) is 9.00. The molecule has 0 aliphatic carbocycles. The number of nitrogens with zero attached hydrogens (tertiary/aromatic N) is 3. The molecule has 6 nitrogen and oxygen atoms in total. The number of rotatable bonds is 3. The van der Waals surface area contributed by atoms with Crippen molar-refractivity contribution in [2.75, 3.05) is 43.4 Å². The highest BCUT2D eigenvalue weighted by molar-refractivity contribution is 7.99. The summed E-state index contributed by atoms with van der Waals surface area (Å²) in [5.74, 6) is -0.997. The Balaban J connectivity index is 1.61. The van der Waals surface area contributed by atoms with Gasteiger partial charge < -0.3 is 19.5 Å². The average Bonchev–Trinajstić information content (AvgIpc) is 3.42. The van der Waals surface area contributed by atoms with Crippen molar-refractivity contribution in [1.82, 2.24) is 9.47 Å². The maximum atomic E-state index is 15.2. The van der Waals surface area contributed by atoms with Gasteiger partial charge in [-0.1, -0.05) is 6.92 Å². The van der Waals surface area contributed by atoms with E-state index < -0.39 is 17.2 Å². The van der Waals surface area contributed by atoms with Crippen LogP contribution in [-0.4, -0.2) is 59.0 Å². The van der Waals surface area contributed by atoms with E-state index in [2.05, 4.69) is 16.7 Å². The molecule has 1 aromatic carbocycles. The van der Waals surface area contributed by atoms with Gasteiger partial charge in [-0.2, -0.15) is 0 Å². The monoisotopic (exact) mass is 431 g/mol. The van der Waals surface area contributed by atoms with Gasteiger partial charge in [-0.3, -0.25) is 4.79 Å². The van der Waals surface area contributed by atoms with Crippen molar-refractivity contribution in [3.63, 3.8) is 0 Å². The zero-order chi connectivity index (χ0) is 21.2. The lowest BCUT2D eigenvalue weighted by Crippen LogP contribution is -2.31. The molecule has 2 unspecified atom stereocenters. The summed E-state index contributed by atoms with van der Waals surface area (Å²) in [5, 5.41) is 10.2. The predicted molar refractivity (Wildman–Crippen MR) is 117 cm³/mol. The lowest BCUT2D eigenvalue weighted by atomic mass is 9.86. The minimum atomic E-state index is -1.25. The largest absolute Gasteiger partial charge is 0.477 e. The smallest absolute Gasteiger partial charge is 0.342 e. The third kappa shape index (κ3) is 2.87. The van der Waals surface area contributed by atoms with E-state index in [1.54, 1.807) is 6.07 Å². The van der Waals surface area contributed by atoms with E-state index in [9.17, 15) is 14.7 Å². The number of hydrogen-bond acceptors (Lipinski definition) is 5.